The maximum atomic E-state index is 12.2. The monoisotopic (exact) mass is 331 g/mol. The summed E-state index contributed by atoms with van der Waals surface area (Å²) in [6.07, 6.45) is 2.84. The van der Waals surface area contributed by atoms with E-state index in [1.54, 1.807) is 25.3 Å². The fraction of sp³-hybridized carbons (Fsp3) is 0.231. The van der Waals surface area contributed by atoms with Crippen molar-refractivity contribution >= 4 is 16.0 Å². The number of hydrogen-bond donors (Lipinski definition) is 0. The average molecular weight is 331 g/mol. The Balaban J connectivity index is 0.00000242. The minimum absolute atomic E-state index is 0. The first-order valence-electron chi connectivity index (χ1n) is 6.09. The Labute approximate surface area is 151 Å². The van der Waals surface area contributed by atoms with Crippen LogP contribution >= 0.6 is 0 Å². The molecule has 1 heterocycles. The van der Waals surface area contributed by atoms with Crippen LogP contribution in [0.25, 0.3) is 4.72 Å². The van der Waals surface area contributed by atoms with Gasteiger partial charge in [-0.1, -0.05) is 12.1 Å². The quantitative estimate of drug-likeness (QED) is 0.472. The minimum Gasteiger partial charge on any atom is -0.491 e. The molecule has 1 aromatic carbocycles. The molecule has 0 fully saturated rings. The molecule has 112 valence electrons. The van der Waals surface area contributed by atoms with E-state index in [1.807, 2.05) is 0 Å². The van der Waals surface area contributed by atoms with Gasteiger partial charge >= 0.3 is 29.6 Å². The summed E-state index contributed by atoms with van der Waals surface area (Å²) in [5.74, 6) is 0.320. The molecule has 0 bridgehead atoms. The standard InChI is InChI=1S/C13H14N3O4S.Na/c1-19-8-9-20-11-4-2-5-12(10-11)21(17,18)16-13-14-6-3-7-15-13;/h2-7,10H,8-9H2,1H3;/q-1;+1. The van der Waals surface area contributed by atoms with Crippen LogP contribution in [0.5, 0.6) is 5.75 Å². The third-order valence-corrected chi connectivity index (χ3v) is 3.67. The summed E-state index contributed by atoms with van der Waals surface area (Å²) < 4.78 is 38.1. The van der Waals surface area contributed by atoms with Crippen molar-refractivity contribution in [3.05, 3.63) is 47.4 Å². The van der Waals surface area contributed by atoms with Crippen molar-refractivity contribution in [1.82, 2.24) is 9.97 Å². The van der Waals surface area contributed by atoms with E-state index in [-0.39, 0.29) is 40.4 Å². The molecule has 2 rings (SSSR count). The summed E-state index contributed by atoms with van der Waals surface area (Å²) >= 11 is 0. The van der Waals surface area contributed by atoms with Crippen LogP contribution < -0.4 is 34.3 Å². The second-order valence-electron chi connectivity index (χ2n) is 3.93. The molecule has 0 atom stereocenters. The van der Waals surface area contributed by atoms with Gasteiger partial charge in [-0.3, -0.25) is 4.72 Å². The van der Waals surface area contributed by atoms with Crippen LogP contribution in [0.4, 0.5) is 5.95 Å². The summed E-state index contributed by atoms with van der Waals surface area (Å²) in [7, 11) is -2.32. The summed E-state index contributed by atoms with van der Waals surface area (Å²) in [6, 6.07) is 7.66. The van der Waals surface area contributed by atoms with Crippen LogP contribution in [0.3, 0.4) is 0 Å². The number of aromatic nitrogens is 2. The molecule has 0 saturated heterocycles. The SMILES string of the molecule is COCCOc1cccc(S(=O)(=O)[N-]c2ncccn2)c1.[Na+]. The van der Waals surface area contributed by atoms with E-state index in [0.29, 0.717) is 19.0 Å². The molecule has 7 nitrogen and oxygen atoms in total. The van der Waals surface area contributed by atoms with Gasteiger partial charge in [-0.05, 0) is 30.6 Å². The first-order chi connectivity index (χ1) is 10.1. The number of nitrogens with zero attached hydrogens (tertiary/aromatic N) is 3. The number of ether oxygens (including phenoxy) is 2. The van der Waals surface area contributed by atoms with Gasteiger partial charge in [-0.25, -0.2) is 8.42 Å². The summed E-state index contributed by atoms with van der Waals surface area (Å²) in [4.78, 5) is 7.55. The van der Waals surface area contributed by atoms with Crippen molar-refractivity contribution < 1.29 is 47.4 Å². The second kappa shape index (κ2) is 9.06. The number of sulfonamides is 1. The zero-order chi connectivity index (χ0) is 15.1. The number of benzene rings is 1. The molecule has 2 aromatic rings. The smallest absolute Gasteiger partial charge is 0.491 e. The first-order valence-corrected chi connectivity index (χ1v) is 7.53. The molecule has 0 saturated carbocycles. The van der Waals surface area contributed by atoms with Crippen LogP contribution in [0.15, 0.2) is 47.6 Å². The number of rotatable bonds is 7. The average Bonchev–Trinajstić information content (AvgIpc) is 2.48. The van der Waals surface area contributed by atoms with Gasteiger partial charge in [0.2, 0.25) is 10.0 Å². The Morgan fingerprint density at radius 2 is 1.86 bits per heavy atom. The third-order valence-electron chi connectivity index (χ3n) is 2.41. The molecule has 1 aromatic heterocycles. The predicted molar refractivity (Wildman–Crippen MR) is 76.0 cm³/mol. The molecule has 0 aliphatic rings. The van der Waals surface area contributed by atoms with Crippen molar-refractivity contribution in [3.8, 4) is 5.75 Å². The van der Waals surface area contributed by atoms with Crippen LogP contribution in [-0.2, 0) is 14.8 Å². The van der Waals surface area contributed by atoms with Gasteiger partial charge in [0.05, 0.1) is 11.5 Å². The van der Waals surface area contributed by atoms with Crippen molar-refractivity contribution in [2.24, 2.45) is 0 Å². The zero-order valence-electron chi connectivity index (χ0n) is 12.3. The Bertz CT molecular complexity index is 683. The molecule has 0 unspecified atom stereocenters. The van der Waals surface area contributed by atoms with E-state index in [9.17, 15) is 8.42 Å². The third kappa shape index (κ3) is 5.54. The van der Waals surface area contributed by atoms with Crippen LogP contribution in [-0.4, -0.2) is 38.7 Å². The van der Waals surface area contributed by atoms with Gasteiger partial charge in [-0.15, -0.1) is 0 Å². The van der Waals surface area contributed by atoms with Gasteiger partial charge in [-0.2, -0.15) is 0 Å². The molecule has 0 radical (unpaired) electrons. The van der Waals surface area contributed by atoms with Gasteiger partial charge in [0.1, 0.15) is 12.4 Å². The second-order valence-corrected chi connectivity index (χ2v) is 5.54. The minimum atomic E-state index is -3.88. The predicted octanol–water partition coefficient (Wildman–Crippen LogP) is -1.10. The molecule has 0 aliphatic carbocycles. The summed E-state index contributed by atoms with van der Waals surface area (Å²) in [6.45, 7) is 0.748. The van der Waals surface area contributed by atoms with E-state index in [0.717, 1.165) is 0 Å². The van der Waals surface area contributed by atoms with Gasteiger partial charge in [0, 0.05) is 13.1 Å². The van der Waals surface area contributed by atoms with Gasteiger partial charge in [0.25, 0.3) is 0 Å². The van der Waals surface area contributed by atoms with E-state index in [1.165, 1.54) is 24.5 Å². The van der Waals surface area contributed by atoms with Crippen molar-refractivity contribution in [2.75, 3.05) is 20.3 Å². The van der Waals surface area contributed by atoms with Crippen LogP contribution in [0.2, 0.25) is 0 Å². The zero-order valence-corrected chi connectivity index (χ0v) is 15.2. The van der Waals surface area contributed by atoms with Crippen molar-refractivity contribution in [3.63, 3.8) is 0 Å². The van der Waals surface area contributed by atoms with E-state index < -0.39 is 10.0 Å². The Kier molecular flexibility index (Phi) is 7.77. The van der Waals surface area contributed by atoms with Gasteiger partial charge in [0.15, 0.2) is 0 Å². The van der Waals surface area contributed by atoms with Crippen molar-refractivity contribution in [2.45, 2.75) is 4.90 Å². The fourth-order valence-electron chi connectivity index (χ4n) is 1.47. The maximum Gasteiger partial charge on any atom is 1.00 e. The molecular weight excluding hydrogens is 317 g/mol. The maximum absolute atomic E-state index is 12.2. The largest absolute Gasteiger partial charge is 1.00 e. The molecular formula is C13H14N3NaO4S. The van der Waals surface area contributed by atoms with Crippen LogP contribution in [0, 0.1) is 0 Å². The summed E-state index contributed by atoms with van der Waals surface area (Å²) in [5, 5.41) is 0. The molecule has 22 heavy (non-hydrogen) atoms. The summed E-state index contributed by atoms with van der Waals surface area (Å²) in [5.41, 5.74) is 0. The van der Waals surface area contributed by atoms with Crippen molar-refractivity contribution in [1.29, 1.82) is 0 Å². The van der Waals surface area contributed by atoms with Gasteiger partial charge < -0.3 is 19.4 Å². The van der Waals surface area contributed by atoms with Crippen LogP contribution in [0.1, 0.15) is 0 Å². The Morgan fingerprint density at radius 1 is 1.14 bits per heavy atom. The molecule has 0 N–H and O–H groups in total. The number of methoxy groups -OCH3 is 1. The topological polar surface area (TPSA) is 92.5 Å². The number of hydrogen-bond acceptors (Lipinski definition) is 6. The first kappa shape index (κ1) is 18.9. The van der Waals surface area contributed by atoms with E-state index in [4.69, 9.17) is 9.47 Å². The Morgan fingerprint density at radius 3 is 2.55 bits per heavy atom. The normalized spacial score (nSPS) is 10.6. The van der Waals surface area contributed by atoms with E-state index in [2.05, 4.69) is 14.7 Å². The molecule has 0 spiro atoms. The fourth-order valence-corrected chi connectivity index (χ4v) is 2.40. The molecule has 0 aliphatic heterocycles. The molecule has 0 amide bonds. The Hall–Kier alpha value is -1.19. The van der Waals surface area contributed by atoms with E-state index >= 15 is 0 Å². The molecule has 9 heteroatoms.